The van der Waals surface area contributed by atoms with Gasteiger partial charge >= 0.3 is 6.15 Å². The fourth-order valence-corrected chi connectivity index (χ4v) is 10.7. The van der Waals surface area contributed by atoms with Crippen molar-refractivity contribution >= 4 is 62.3 Å². The number of hydrogen-bond donors (Lipinski definition) is 2. The van der Waals surface area contributed by atoms with Crippen LogP contribution in [0.25, 0.3) is 22.4 Å². The fourth-order valence-electron chi connectivity index (χ4n) is 8.40. The molecule has 328 valence electrons. The standard InChI is InChI=1S/C49H55ClN6O2S2.CO2/c1-36-32-46(22-23-48(36)51-42(24-27-54-25-7-8-26-54)35-59-45-12-5-4-6-13-45)60(57,58)52-41-18-20-43(21-19-41)55-28-30-56(31-29-55)44-11-9-10-39(34-44)47-33-37(2)53(3)49(47)38-14-16-40(50)17-15-38;2-1-3/h4-6,9-23,32-34,42,51-52H,7-8,24-31,35H2,1-3H3;/t42-;/m1./s1. The molecule has 2 N–H and O–H groups in total. The van der Waals surface area contributed by atoms with E-state index in [1.807, 2.05) is 67.2 Å². The van der Waals surface area contributed by atoms with Crippen LogP contribution >= 0.6 is 23.4 Å². The molecular formula is C50H55ClN6O4S2. The molecule has 10 nitrogen and oxygen atoms in total. The number of aryl methyl sites for hydroxylation is 2. The lowest BCUT2D eigenvalue weighted by molar-refractivity contribution is -0.191. The van der Waals surface area contributed by atoms with Crippen molar-refractivity contribution < 1.29 is 18.0 Å². The number of anilines is 4. The summed E-state index contributed by atoms with van der Waals surface area (Å²) in [6, 6.07) is 43.1. The minimum atomic E-state index is -3.78. The van der Waals surface area contributed by atoms with Crippen molar-refractivity contribution in [2.75, 3.05) is 71.4 Å². The molecule has 3 heterocycles. The van der Waals surface area contributed by atoms with E-state index in [0.717, 1.165) is 72.4 Å². The largest absolute Gasteiger partial charge is 0.381 e. The number of rotatable bonds is 15. The number of nitrogens with one attached hydrogen (secondary N) is 2. The number of piperazine rings is 1. The van der Waals surface area contributed by atoms with Gasteiger partial charge in [0, 0.05) is 95.5 Å². The van der Waals surface area contributed by atoms with Crippen molar-refractivity contribution in [2.24, 2.45) is 7.05 Å². The summed E-state index contributed by atoms with van der Waals surface area (Å²) in [6.45, 7) is 11.0. The zero-order valence-electron chi connectivity index (χ0n) is 36.1. The van der Waals surface area contributed by atoms with Gasteiger partial charge in [-0.15, -0.1) is 11.8 Å². The van der Waals surface area contributed by atoms with E-state index < -0.39 is 10.0 Å². The number of nitrogens with zero attached hydrogens (tertiary/aromatic N) is 4. The van der Waals surface area contributed by atoms with Gasteiger partial charge in [-0.05, 0) is 148 Å². The first kappa shape index (κ1) is 45.5. The van der Waals surface area contributed by atoms with Crippen LogP contribution in [0.1, 0.15) is 30.5 Å². The van der Waals surface area contributed by atoms with Gasteiger partial charge in [0.05, 0.1) is 10.6 Å². The van der Waals surface area contributed by atoms with Crippen molar-refractivity contribution in [2.45, 2.75) is 48.9 Å². The zero-order chi connectivity index (χ0) is 44.3. The molecule has 8 rings (SSSR count). The first-order chi connectivity index (χ1) is 30.5. The van der Waals surface area contributed by atoms with Crippen molar-refractivity contribution in [1.82, 2.24) is 9.47 Å². The van der Waals surface area contributed by atoms with Crippen LogP contribution in [0.4, 0.5) is 22.7 Å². The van der Waals surface area contributed by atoms with Gasteiger partial charge in [0.2, 0.25) is 0 Å². The van der Waals surface area contributed by atoms with Crippen molar-refractivity contribution in [1.29, 1.82) is 0 Å². The Morgan fingerprint density at radius 1 is 0.730 bits per heavy atom. The first-order valence-electron chi connectivity index (χ1n) is 21.4. The maximum atomic E-state index is 13.6. The molecule has 13 heteroatoms. The molecule has 1 aromatic heterocycles. The van der Waals surface area contributed by atoms with E-state index in [1.54, 1.807) is 12.1 Å². The summed E-state index contributed by atoms with van der Waals surface area (Å²) >= 11 is 8.08. The third kappa shape index (κ3) is 11.8. The maximum Gasteiger partial charge on any atom is 0.373 e. The van der Waals surface area contributed by atoms with Gasteiger partial charge in [-0.3, -0.25) is 4.72 Å². The summed E-state index contributed by atoms with van der Waals surface area (Å²) in [7, 11) is -1.67. The van der Waals surface area contributed by atoms with Gasteiger partial charge in [0.25, 0.3) is 10.0 Å². The van der Waals surface area contributed by atoms with Crippen LogP contribution in [0.3, 0.4) is 0 Å². The predicted octanol–water partition coefficient (Wildman–Crippen LogP) is 10.2. The number of thioether (sulfide) groups is 1. The zero-order valence-corrected chi connectivity index (χ0v) is 38.5. The predicted molar refractivity (Wildman–Crippen MR) is 259 cm³/mol. The summed E-state index contributed by atoms with van der Waals surface area (Å²) in [5.41, 5.74) is 10.6. The highest BCUT2D eigenvalue weighted by atomic mass is 35.5. The molecule has 6 aromatic rings. The van der Waals surface area contributed by atoms with Gasteiger partial charge in [-0.25, -0.2) is 8.42 Å². The Morgan fingerprint density at radius 3 is 2.06 bits per heavy atom. The SMILES string of the molecule is Cc1cc(S(=O)(=O)Nc2ccc(N3CCN(c4cccc(-c5cc(C)n(C)c5-c5ccc(Cl)cc5)c4)CC3)cc2)ccc1N[C@H](CCN1CCCC1)CSc1ccccc1.O=C=O. The number of sulfonamides is 1. The van der Waals surface area contributed by atoms with E-state index in [0.29, 0.717) is 5.69 Å². The third-order valence-electron chi connectivity index (χ3n) is 11.9. The van der Waals surface area contributed by atoms with Gasteiger partial charge in [-0.2, -0.15) is 9.59 Å². The van der Waals surface area contributed by atoms with Crippen LogP contribution in [0.5, 0.6) is 0 Å². The second-order valence-corrected chi connectivity index (χ2v) is 19.4. The second-order valence-electron chi connectivity index (χ2n) is 16.2. The topological polar surface area (TPSA) is 107 Å². The van der Waals surface area contributed by atoms with Gasteiger partial charge < -0.3 is 24.6 Å². The van der Waals surface area contributed by atoms with Gasteiger partial charge in [-0.1, -0.05) is 54.1 Å². The second kappa shape index (κ2) is 21.3. The summed E-state index contributed by atoms with van der Waals surface area (Å²) in [5, 5.41) is 4.50. The normalized spacial score (nSPS) is 14.7. The van der Waals surface area contributed by atoms with Crippen molar-refractivity contribution in [3.8, 4) is 22.4 Å². The molecule has 0 amide bonds. The number of likely N-dealkylation sites (tertiary alicyclic amines) is 1. The van der Waals surface area contributed by atoms with Crippen LogP contribution < -0.4 is 19.8 Å². The molecule has 0 aliphatic carbocycles. The Hall–Kier alpha value is -5.49. The van der Waals surface area contributed by atoms with Gasteiger partial charge in [0.1, 0.15) is 0 Å². The lowest BCUT2D eigenvalue weighted by Crippen LogP contribution is -2.46. The molecule has 0 radical (unpaired) electrons. The Morgan fingerprint density at radius 2 is 1.40 bits per heavy atom. The molecule has 2 fully saturated rings. The van der Waals surface area contributed by atoms with Crippen molar-refractivity contribution in [3.63, 3.8) is 0 Å². The molecule has 2 aliphatic rings. The molecule has 0 saturated carbocycles. The molecule has 0 bridgehead atoms. The number of hydrogen-bond acceptors (Lipinski definition) is 9. The highest BCUT2D eigenvalue weighted by Crippen LogP contribution is 2.37. The van der Waals surface area contributed by atoms with E-state index in [2.05, 4.69) is 110 Å². The van der Waals surface area contributed by atoms with Crippen molar-refractivity contribution in [3.05, 3.63) is 144 Å². The average molecular weight is 904 g/mol. The quantitative estimate of drug-likeness (QED) is 0.0975. The monoisotopic (exact) mass is 902 g/mol. The molecule has 2 saturated heterocycles. The molecular weight excluding hydrogens is 848 g/mol. The van der Waals surface area contributed by atoms with E-state index in [4.69, 9.17) is 21.2 Å². The minimum Gasteiger partial charge on any atom is -0.381 e. The summed E-state index contributed by atoms with van der Waals surface area (Å²) < 4.78 is 32.3. The summed E-state index contributed by atoms with van der Waals surface area (Å²) in [5.74, 6) is 0.931. The summed E-state index contributed by atoms with van der Waals surface area (Å²) in [4.78, 5) is 25.1. The highest BCUT2D eigenvalue weighted by molar-refractivity contribution is 7.99. The molecule has 63 heavy (non-hydrogen) atoms. The Bertz CT molecular complexity index is 2580. The Balaban J connectivity index is 0.00000193. The minimum absolute atomic E-state index is 0.250. The van der Waals surface area contributed by atoms with Crippen LogP contribution in [0.2, 0.25) is 5.02 Å². The fraction of sp³-hybridized carbons (Fsp3) is 0.300. The average Bonchev–Trinajstić information content (AvgIpc) is 3.93. The van der Waals surface area contributed by atoms with Crippen LogP contribution in [0, 0.1) is 13.8 Å². The highest BCUT2D eigenvalue weighted by Gasteiger charge is 2.22. The Kier molecular flexibility index (Phi) is 15.4. The number of halogens is 1. The number of aromatic nitrogens is 1. The molecule has 0 unspecified atom stereocenters. The Labute approximate surface area is 381 Å². The number of benzene rings is 5. The van der Waals surface area contributed by atoms with E-state index in [1.165, 1.54) is 59.0 Å². The van der Waals surface area contributed by atoms with Gasteiger partial charge in [0.15, 0.2) is 0 Å². The van der Waals surface area contributed by atoms with Crippen LogP contribution in [0.15, 0.2) is 137 Å². The smallest absolute Gasteiger partial charge is 0.373 e. The lowest BCUT2D eigenvalue weighted by Gasteiger charge is -2.37. The van der Waals surface area contributed by atoms with E-state index in [9.17, 15) is 8.42 Å². The maximum absolute atomic E-state index is 13.6. The first-order valence-corrected chi connectivity index (χ1v) is 24.3. The number of carbonyl (C=O) groups excluding carboxylic acids is 2. The summed E-state index contributed by atoms with van der Waals surface area (Å²) in [6.07, 6.45) is 3.84. The molecule has 5 aromatic carbocycles. The molecule has 1 atom stereocenters. The van der Waals surface area contributed by atoms with E-state index >= 15 is 0 Å². The van der Waals surface area contributed by atoms with Crippen LogP contribution in [-0.4, -0.2) is 81.6 Å². The molecule has 2 aliphatic heterocycles. The molecule has 0 spiro atoms. The van der Waals surface area contributed by atoms with Crippen LogP contribution in [-0.2, 0) is 26.7 Å². The third-order valence-corrected chi connectivity index (χ3v) is 14.7. The van der Waals surface area contributed by atoms with E-state index in [-0.39, 0.29) is 17.1 Å². The lowest BCUT2D eigenvalue weighted by atomic mass is 10.0.